The van der Waals surface area contributed by atoms with Crippen LogP contribution in [0.1, 0.15) is 12.8 Å². The van der Waals surface area contributed by atoms with Crippen molar-refractivity contribution in [3.63, 3.8) is 0 Å². The van der Waals surface area contributed by atoms with Crippen molar-refractivity contribution in [3.05, 3.63) is 0 Å². The van der Waals surface area contributed by atoms with Crippen molar-refractivity contribution < 1.29 is 5.21 Å². The normalized spacial score (nSPS) is 10.9. The number of oxime groups is 1. The van der Waals surface area contributed by atoms with Gasteiger partial charge in [0.05, 0.1) is 5.71 Å². The number of hydrogen-bond acceptors (Lipinski definition) is 4. The molecule has 0 amide bonds. The van der Waals surface area contributed by atoms with E-state index in [4.69, 9.17) is 5.21 Å². The third-order valence-electron chi connectivity index (χ3n) is 1.84. The van der Waals surface area contributed by atoms with Gasteiger partial charge >= 0.3 is 0 Å². The zero-order valence-corrected chi connectivity index (χ0v) is 9.12. The van der Waals surface area contributed by atoms with Crippen LogP contribution >= 0.6 is 0 Å². The SMILES string of the molecule is CN(C)CCC(CCN(C)C)=NO. The van der Waals surface area contributed by atoms with Crippen molar-refractivity contribution in [2.45, 2.75) is 12.8 Å². The van der Waals surface area contributed by atoms with Crippen molar-refractivity contribution in [2.75, 3.05) is 41.3 Å². The summed E-state index contributed by atoms with van der Waals surface area (Å²) in [5.41, 5.74) is 0.877. The molecule has 0 aromatic heterocycles. The van der Waals surface area contributed by atoms with Gasteiger partial charge in [0.15, 0.2) is 0 Å². The monoisotopic (exact) mass is 187 g/mol. The number of nitrogens with zero attached hydrogens (tertiary/aromatic N) is 3. The lowest BCUT2D eigenvalue weighted by Gasteiger charge is -2.12. The Morgan fingerprint density at radius 1 is 1.00 bits per heavy atom. The highest BCUT2D eigenvalue weighted by Crippen LogP contribution is 1.95. The molecule has 0 saturated carbocycles. The topological polar surface area (TPSA) is 39.1 Å². The van der Waals surface area contributed by atoms with Crippen molar-refractivity contribution in [3.8, 4) is 0 Å². The molecule has 0 fully saturated rings. The molecule has 0 heterocycles. The van der Waals surface area contributed by atoms with Crippen molar-refractivity contribution >= 4 is 5.71 Å². The van der Waals surface area contributed by atoms with Crippen LogP contribution in [0.15, 0.2) is 5.16 Å². The Kier molecular flexibility index (Phi) is 6.54. The summed E-state index contributed by atoms with van der Waals surface area (Å²) in [7, 11) is 8.06. The van der Waals surface area contributed by atoms with Crippen LogP contribution in [0.5, 0.6) is 0 Å². The molecule has 0 atom stereocenters. The van der Waals surface area contributed by atoms with Crippen LogP contribution in [0.2, 0.25) is 0 Å². The fourth-order valence-electron chi connectivity index (χ4n) is 0.930. The van der Waals surface area contributed by atoms with Crippen LogP contribution < -0.4 is 0 Å². The van der Waals surface area contributed by atoms with Gasteiger partial charge in [-0.1, -0.05) is 5.16 Å². The Hall–Kier alpha value is -0.610. The zero-order chi connectivity index (χ0) is 10.3. The Morgan fingerprint density at radius 3 is 1.62 bits per heavy atom. The average Bonchev–Trinajstić information content (AvgIpc) is 2.04. The van der Waals surface area contributed by atoms with Gasteiger partial charge in [-0.05, 0) is 28.2 Å². The van der Waals surface area contributed by atoms with Gasteiger partial charge in [-0.15, -0.1) is 0 Å². The number of rotatable bonds is 6. The maximum absolute atomic E-state index is 8.70. The molecule has 78 valence electrons. The van der Waals surface area contributed by atoms with Gasteiger partial charge in [0, 0.05) is 25.9 Å². The van der Waals surface area contributed by atoms with E-state index in [1.54, 1.807) is 0 Å². The summed E-state index contributed by atoms with van der Waals surface area (Å²) < 4.78 is 0. The molecule has 4 nitrogen and oxygen atoms in total. The minimum Gasteiger partial charge on any atom is -0.411 e. The van der Waals surface area contributed by atoms with Crippen LogP contribution in [0.3, 0.4) is 0 Å². The zero-order valence-electron chi connectivity index (χ0n) is 9.12. The van der Waals surface area contributed by atoms with Gasteiger partial charge in [-0.25, -0.2) is 0 Å². The van der Waals surface area contributed by atoms with E-state index in [0.717, 1.165) is 31.6 Å². The van der Waals surface area contributed by atoms with Gasteiger partial charge in [0.25, 0.3) is 0 Å². The molecule has 0 radical (unpaired) electrons. The largest absolute Gasteiger partial charge is 0.411 e. The van der Waals surface area contributed by atoms with Gasteiger partial charge < -0.3 is 15.0 Å². The highest BCUT2D eigenvalue weighted by Gasteiger charge is 2.02. The number of hydrogen-bond donors (Lipinski definition) is 1. The van der Waals surface area contributed by atoms with Gasteiger partial charge in [0.1, 0.15) is 0 Å². The molecule has 0 aromatic carbocycles. The summed E-state index contributed by atoms with van der Waals surface area (Å²) in [5, 5.41) is 12.0. The first-order valence-corrected chi connectivity index (χ1v) is 4.55. The minimum atomic E-state index is 0.845. The third-order valence-corrected chi connectivity index (χ3v) is 1.84. The van der Waals surface area contributed by atoms with E-state index >= 15 is 0 Å². The predicted octanol–water partition coefficient (Wildman–Crippen LogP) is 0.720. The molecular weight excluding hydrogens is 166 g/mol. The van der Waals surface area contributed by atoms with E-state index in [9.17, 15) is 0 Å². The summed E-state index contributed by atoms with van der Waals surface area (Å²) >= 11 is 0. The molecule has 0 bridgehead atoms. The first-order valence-electron chi connectivity index (χ1n) is 4.55. The molecule has 13 heavy (non-hydrogen) atoms. The average molecular weight is 187 g/mol. The molecule has 0 spiro atoms. The Balaban J connectivity index is 3.65. The summed E-state index contributed by atoms with van der Waals surface area (Å²) in [6.07, 6.45) is 1.69. The summed E-state index contributed by atoms with van der Waals surface area (Å²) in [4.78, 5) is 4.17. The maximum Gasteiger partial charge on any atom is 0.0596 e. The molecule has 0 saturated heterocycles. The van der Waals surface area contributed by atoms with Crippen molar-refractivity contribution in [2.24, 2.45) is 5.16 Å². The van der Waals surface area contributed by atoms with E-state index in [2.05, 4.69) is 15.0 Å². The Morgan fingerprint density at radius 2 is 1.38 bits per heavy atom. The van der Waals surface area contributed by atoms with Crippen LogP contribution in [0.25, 0.3) is 0 Å². The highest BCUT2D eigenvalue weighted by molar-refractivity contribution is 5.84. The van der Waals surface area contributed by atoms with Crippen LogP contribution in [0, 0.1) is 0 Å². The van der Waals surface area contributed by atoms with E-state index < -0.39 is 0 Å². The highest BCUT2D eigenvalue weighted by atomic mass is 16.4. The molecule has 0 aliphatic heterocycles. The molecular formula is C9H21N3O. The molecule has 0 aliphatic rings. The summed E-state index contributed by atoms with van der Waals surface area (Å²) in [6, 6.07) is 0. The summed E-state index contributed by atoms with van der Waals surface area (Å²) in [5.74, 6) is 0. The van der Waals surface area contributed by atoms with Gasteiger partial charge in [0.2, 0.25) is 0 Å². The molecule has 1 N–H and O–H groups in total. The Bertz CT molecular complexity index is 141. The summed E-state index contributed by atoms with van der Waals surface area (Å²) in [6.45, 7) is 1.87. The standard InChI is InChI=1S/C9H21N3O/c1-11(2)7-5-9(10-13)6-8-12(3)4/h13H,5-8H2,1-4H3. The fraction of sp³-hybridized carbons (Fsp3) is 0.889. The van der Waals surface area contributed by atoms with E-state index in [1.807, 2.05) is 28.2 Å². The molecule has 0 rings (SSSR count). The van der Waals surface area contributed by atoms with Crippen LogP contribution in [-0.2, 0) is 0 Å². The first-order chi connectivity index (χ1) is 6.06. The molecule has 4 heteroatoms. The van der Waals surface area contributed by atoms with E-state index in [1.165, 1.54) is 0 Å². The predicted molar refractivity (Wildman–Crippen MR) is 55.6 cm³/mol. The Labute approximate surface area is 80.8 Å². The lowest BCUT2D eigenvalue weighted by atomic mass is 10.2. The smallest absolute Gasteiger partial charge is 0.0596 e. The maximum atomic E-state index is 8.70. The molecule has 0 aromatic rings. The third kappa shape index (κ3) is 7.74. The molecule has 0 unspecified atom stereocenters. The quantitative estimate of drug-likeness (QED) is 0.378. The van der Waals surface area contributed by atoms with Gasteiger partial charge in [-0.2, -0.15) is 0 Å². The molecule has 0 aliphatic carbocycles. The minimum absolute atomic E-state index is 0.845. The first kappa shape index (κ1) is 12.4. The lowest BCUT2D eigenvalue weighted by molar-refractivity contribution is 0.312. The van der Waals surface area contributed by atoms with Gasteiger partial charge in [-0.3, -0.25) is 0 Å². The van der Waals surface area contributed by atoms with Crippen molar-refractivity contribution in [1.29, 1.82) is 0 Å². The van der Waals surface area contributed by atoms with Crippen molar-refractivity contribution in [1.82, 2.24) is 9.80 Å². The van der Waals surface area contributed by atoms with Crippen LogP contribution in [-0.4, -0.2) is 62.0 Å². The second kappa shape index (κ2) is 6.86. The second-order valence-electron chi connectivity index (χ2n) is 3.77. The lowest BCUT2D eigenvalue weighted by Crippen LogP contribution is -2.20. The fourth-order valence-corrected chi connectivity index (χ4v) is 0.930. The van der Waals surface area contributed by atoms with E-state index in [0.29, 0.717) is 0 Å². The van der Waals surface area contributed by atoms with Crippen LogP contribution in [0.4, 0.5) is 0 Å². The van der Waals surface area contributed by atoms with E-state index in [-0.39, 0.29) is 0 Å². The second-order valence-corrected chi connectivity index (χ2v) is 3.77.